The quantitative estimate of drug-likeness (QED) is 0.693. The number of nitrogens with one attached hydrogen (secondary N) is 1. The number of nitrogens with zero attached hydrogens (tertiary/aromatic N) is 3. The number of rotatable bonds is 4. The van der Waals surface area contributed by atoms with Gasteiger partial charge in [-0.15, -0.1) is 0 Å². The van der Waals surface area contributed by atoms with Crippen LogP contribution < -0.4 is 10.1 Å². The highest BCUT2D eigenvalue weighted by Crippen LogP contribution is 2.36. The summed E-state index contributed by atoms with van der Waals surface area (Å²) in [6.07, 6.45) is 7.60. The standard InChI is InChI=1S/C24H34N4O5S/c1-17-14-19-21(33-16-23(29)25-19)15-22(17)34(31,32)28-9-5-8-20(28)24(30)27-12-10-26(11-13-27)18-6-3-2-4-7-18/h14-15,18,20H,2-13,16H2,1H3,(H,25,29). The zero-order chi connectivity index (χ0) is 23.9. The van der Waals surface area contributed by atoms with Crippen molar-refractivity contribution in [3.63, 3.8) is 0 Å². The largest absolute Gasteiger partial charge is 0.482 e. The second-order valence-electron chi connectivity index (χ2n) is 9.88. The van der Waals surface area contributed by atoms with Crippen LogP contribution in [0.4, 0.5) is 5.69 Å². The summed E-state index contributed by atoms with van der Waals surface area (Å²) >= 11 is 0. The van der Waals surface area contributed by atoms with Gasteiger partial charge in [-0.25, -0.2) is 8.42 Å². The van der Waals surface area contributed by atoms with Crippen LogP contribution in [0.15, 0.2) is 17.0 Å². The molecule has 4 aliphatic rings. The molecule has 10 heteroatoms. The first kappa shape index (κ1) is 23.6. The molecular weight excluding hydrogens is 456 g/mol. The highest BCUT2D eigenvalue weighted by molar-refractivity contribution is 7.89. The number of fused-ring (bicyclic) bond motifs is 1. The molecule has 1 aliphatic carbocycles. The maximum Gasteiger partial charge on any atom is 0.262 e. The van der Waals surface area contributed by atoms with Gasteiger partial charge < -0.3 is 15.0 Å². The van der Waals surface area contributed by atoms with E-state index in [9.17, 15) is 18.0 Å². The summed E-state index contributed by atoms with van der Waals surface area (Å²) in [7, 11) is -3.89. The van der Waals surface area contributed by atoms with Crippen LogP contribution >= 0.6 is 0 Å². The summed E-state index contributed by atoms with van der Waals surface area (Å²) in [6, 6.07) is 3.06. The Kier molecular flexibility index (Phi) is 6.56. The second kappa shape index (κ2) is 9.47. The molecule has 3 aliphatic heterocycles. The minimum Gasteiger partial charge on any atom is -0.482 e. The van der Waals surface area contributed by atoms with E-state index >= 15 is 0 Å². The molecule has 3 heterocycles. The summed E-state index contributed by atoms with van der Waals surface area (Å²) in [5.74, 6) is -0.00975. The smallest absolute Gasteiger partial charge is 0.262 e. The van der Waals surface area contributed by atoms with E-state index in [1.807, 2.05) is 4.90 Å². The van der Waals surface area contributed by atoms with Gasteiger partial charge in [0.25, 0.3) is 5.91 Å². The number of carbonyl (C=O) groups is 2. The van der Waals surface area contributed by atoms with E-state index in [1.54, 1.807) is 13.0 Å². The Morgan fingerprint density at radius 1 is 1.00 bits per heavy atom. The van der Waals surface area contributed by atoms with Gasteiger partial charge >= 0.3 is 0 Å². The van der Waals surface area contributed by atoms with E-state index in [4.69, 9.17) is 4.74 Å². The minimum absolute atomic E-state index is 0.0801. The van der Waals surface area contributed by atoms with Gasteiger partial charge in [-0.05, 0) is 44.2 Å². The van der Waals surface area contributed by atoms with Crippen LogP contribution in [0, 0.1) is 6.92 Å². The molecule has 1 unspecified atom stereocenters. The summed E-state index contributed by atoms with van der Waals surface area (Å²) in [5, 5.41) is 2.71. The molecule has 9 nitrogen and oxygen atoms in total. The van der Waals surface area contributed by atoms with Crippen molar-refractivity contribution >= 4 is 27.5 Å². The average Bonchev–Trinajstić information content (AvgIpc) is 3.35. The van der Waals surface area contributed by atoms with Gasteiger partial charge in [0.1, 0.15) is 11.8 Å². The Balaban J connectivity index is 1.30. The predicted octanol–water partition coefficient (Wildman–Crippen LogP) is 1.96. The third-order valence-electron chi connectivity index (χ3n) is 7.70. The molecular formula is C24H34N4O5S. The number of hydrogen-bond donors (Lipinski definition) is 1. The molecule has 5 rings (SSSR count). The first-order chi connectivity index (χ1) is 16.3. The van der Waals surface area contributed by atoms with Crippen molar-refractivity contribution in [2.75, 3.05) is 44.6 Å². The maximum absolute atomic E-state index is 13.7. The molecule has 1 N–H and O–H groups in total. The van der Waals surface area contributed by atoms with Crippen LogP contribution in [0.1, 0.15) is 50.5 Å². The number of benzene rings is 1. The van der Waals surface area contributed by atoms with Crippen LogP contribution in [0.5, 0.6) is 5.75 Å². The fourth-order valence-electron chi connectivity index (χ4n) is 5.86. The lowest BCUT2D eigenvalue weighted by Crippen LogP contribution is -2.56. The molecule has 0 bridgehead atoms. The third kappa shape index (κ3) is 4.43. The molecule has 1 atom stereocenters. The second-order valence-corrected chi connectivity index (χ2v) is 11.7. The molecule has 0 radical (unpaired) electrons. The summed E-state index contributed by atoms with van der Waals surface area (Å²) in [6.45, 7) is 4.93. The molecule has 0 spiro atoms. The first-order valence-electron chi connectivity index (χ1n) is 12.5. The van der Waals surface area contributed by atoms with Crippen molar-refractivity contribution in [2.45, 2.75) is 68.8 Å². The molecule has 34 heavy (non-hydrogen) atoms. The Morgan fingerprint density at radius 2 is 1.74 bits per heavy atom. The lowest BCUT2D eigenvalue weighted by molar-refractivity contribution is -0.136. The zero-order valence-electron chi connectivity index (χ0n) is 19.8. The molecule has 0 aromatic heterocycles. The van der Waals surface area contributed by atoms with E-state index in [-0.39, 0.29) is 23.3 Å². The minimum atomic E-state index is -3.89. The fraction of sp³-hybridized carbons (Fsp3) is 0.667. The van der Waals surface area contributed by atoms with Gasteiger partial charge in [-0.2, -0.15) is 4.31 Å². The molecule has 1 aromatic carbocycles. The Labute approximate surface area is 201 Å². The van der Waals surface area contributed by atoms with Gasteiger partial charge in [0.05, 0.1) is 10.6 Å². The topological polar surface area (TPSA) is 99.3 Å². The van der Waals surface area contributed by atoms with Crippen LogP contribution in [0.2, 0.25) is 0 Å². The molecule has 3 fully saturated rings. The van der Waals surface area contributed by atoms with E-state index in [0.717, 1.165) is 13.1 Å². The number of sulfonamides is 1. The lowest BCUT2D eigenvalue weighted by atomic mass is 9.94. The molecule has 1 aromatic rings. The van der Waals surface area contributed by atoms with Gasteiger partial charge in [0, 0.05) is 44.8 Å². The van der Waals surface area contributed by atoms with E-state index < -0.39 is 16.1 Å². The first-order valence-corrected chi connectivity index (χ1v) is 13.9. The van der Waals surface area contributed by atoms with Gasteiger partial charge in [-0.3, -0.25) is 14.5 Å². The SMILES string of the molecule is Cc1cc2c(cc1S(=O)(=O)N1CCCC1C(=O)N1CCN(C3CCCCC3)CC1)OCC(=O)N2. The van der Waals surface area contributed by atoms with Gasteiger partial charge in [-0.1, -0.05) is 19.3 Å². The molecule has 2 amide bonds. The predicted molar refractivity (Wildman–Crippen MR) is 127 cm³/mol. The monoisotopic (exact) mass is 490 g/mol. The summed E-state index contributed by atoms with van der Waals surface area (Å²) < 4.78 is 34.1. The lowest BCUT2D eigenvalue weighted by Gasteiger charge is -2.41. The Bertz CT molecular complexity index is 1060. The number of piperazine rings is 1. The van der Waals surface area contributed by atoms with Crippen LogP contribution in [0.25, 0.3) is 0 Å². The number of aryl methyl sites for hydroxylation is 1. The van der Waals surface area contributed by atoms with Crippen LogP contribution in [-0.2, 0) is 19.6 Å². The van der Waals surface area contributed by atoms with E-state index in [1.165, 1.54) is 42.5 Å². The van der Waals surface area contributed by atoms with E-state index in [0.29, 0.717) is 55.5 Å². The number of ether oxygens (including phenoxy) is 1. The number of carbonyl (C=O) groups excluding carboxylic acids is 2. The zero-order valence-corrected chi connectivity index (χ0v) is 20.6. The van der Waals surface area contributed by atoms with Crippen LogP contribution in [0.3, 0.4) is 0 Å². The summed E-state index contributed by atoms with van der Waals surface area (Å²) in [4.78, 5) is 29.6. The maximum atomic E-state index is 13.7. The van der Waals surface area contributed by atoms with Crippen molar-refractivity contribution in [3.05, 3.63) is 17.7 Å². The Hall–Kier alpha value is -2.17. The number of anilines is 1. The molecule has 1 saturated carbocycles. The van der Waals surface area contributed by atoms with Crippen molar-refractivity contribution in [2.24, 2.45) is 0 Å². The number of amides is 2. The number of hydrogen-bond acceptors (Lipinski definition) is 6. The highest BCUT2D eigenvalue weighted by Gasteiger charge is 2.42. The molecule has 2 saturated heterocycles. The van der Waals surface area contributed by atoms with Crippen LogP contribution in [-0.4, -0.2) is 85.8 Å². The molecule has 186 valence electrons. The average molecular weight is 491 g/mol. The highest BCUT2D eigenvalue weighted by atomic mass is 32.2. The van der Waals surface area contributed by atoms with Crippen molar-refractivity contribution in [3.8, 4) is 5.75 Å². The van der Waals surface area contributed by atoms with Crippen molar-refractivity contribution in [1.82, 2.24) is 14.1 Å². The Morgan fingerprint density at radius 3 is 2.47 bits per heavy atom. The fourth-order valence-corrected chi connectivity index (χ4v) is 7.73. The third-order valence-corrected chi connectivity index (χ3v) is 9.75. The normalized spacial score (nSPS) is 25.0. The van der Waals surface area contributed by atoms with E-state index in [2.05, 4.69) is 10.2 Å². The van der Waals surface area contributed by atoms with Crippen molar-refractivity contribution in [1.29, 1.82) is 0 Å². The van der Waals surface area contributed by atoms with Gasteiger partial charge in [0.2, 0.25) is 15.9 Å². The van der Waals surface area contributed by atoms with Crippen molar-refractivity contribution < 1.29 is 22.7 Å². The summed E-state index contributed by atoms with van der Waals surface area (Å²) in [5.41, 5.74) is 0.987. The van der Waals surface area contributed by atoms with Gasteiger partial charge in [0.15, 0.2) is 6.61 Å².